The van der Waals surface area contributed by atoms with Crippen molar-refractivity contribution >= 4 is 37.8 Å². The molecule has 2 aliphatic rings. The topological polar surface area (TPSA) is 98.6 Å². The van der Waals surface area contributed by atoms with Gasteiger partial charge in [-0.05, 0) is 47.3 Å². The number of carbonyl (C=O) groups excluding carboxylic acids is 2. The smallest absolute Gasteiger partial charge is 0.341 e. The van der Waals surface area contributed by atoms with Crippen molar-refractivity contribution < 1.29 is 22.7 Å². The summed E-state index contributed by atoms with van der Waals surface area (Å²) in [5.41, 5.74) is 1.33. The molecule has 8 nitrogen and oxygen atoms in total. The molecule has 2 aromatic rings. The summed E-state index contributed by atoms with van der Waals surface area (Å²) in [4.78, 5) is 25.0. The molecule has 2 aliphatic heterocycles. The Hall–Kier alpha value is -2.20. The zero-order valence-corrected chi connectivity index (χ0v) is 16.8. The van der Waals surface area contributed by atoms with Crippen LogP contribution < -0.4 is 0 Å². The summed E-state index contributed by atoms with van der Waals surface area (Å²) in [6.07, 6.45) is 2.49. The molecule has 3 heterocycles. The van der Waals surface area contributed by atoms with Gasteiger partial charge in [0.15, 0.2) is 0 Å². The number of fused-ring (bicyclic) bond motifs is 2. The molecule has 27 heavy (non-hydrogen) atoms. The summed E-state index contributed by atoms with van der Waals surface area (Å²) >= 11 is 3.21. The molecular formula is C17H16BrN3O5S. The SMILES string of the molecule is COC(=O)c1c(CN2C(=O)c3cccc(Br)c3S2(=O)=O)nn2c1CCCC2. The zero-order chi connectivity index (χ0) is 19.3. The predicted octanol–water partition coefficient (Wildman–Crippen LogP) is 2.11. The van der Waals surface area contributed by atoms with E-state index in [1.54, 1.807) is 16.8 Å². The highest BCUT2D eigenvalue weighted by atomic mass is 79.9. The van der Waals surface area contributed by atoms with Crippen LogP contribution in [-0.2, 0) is 34.3 Å². The van der Waals surface area contributed by atoms with E-state index in [9.17, 15) is 18.0 Å². The lowest BCUT2D eigenvalue weighted by molar-refractivity contribution is 0.0595. The van der Waals surface area contributed by atoms with Crippen LogP contribution in [0.2, 0.25) is 0 Å². The fourth-order valence-corrected chi connectivity index (χ4v) is 6.14. The molecule has 0 aliphatic carbocycles. The Balaban J connectivity index is 1.80. The summed E-state index contributed by atoms with van der Waals surface area (Å²) in [5, 5.41) is 4.41. The van der Waals surface area contributed by atoms with Gasteiger partial charge in [0, 0.05) is 11.0 Å². The van der Waals surface area contributed by atoms with Crippen LogP contribution >= 0.6 is 15.9 Å². The van der Waals surface area contributed by atoms with Crippen molar-refractivity contribution in [3.63, 3.8) is 0 Å². The highest BCUT2D eigenvalue weighted by Crippen LogP contribution is 2.37. The first-order chi connectivity index (χ1) is 12.9. The molecule has 0 bridgehead atoms. The first-order valence-electron chi connectivity index (χ1n) is 8.38. The van der Waals surface area contributed by atoms with E-state index in [0.29, 0.717) is 17.4 Å². The van der Waals surface area contributed by atoms with Crippen LogP contribution in [0.3, 0.4) is 0 Å². The van der Waals surface area contributed by atoms with Gasteiger partial charge in [-0.2, -0.15) is 5.10 Å². The van der Waals surface area contributed by atoms with Gasteiger partial charge in [-0.25, -0.2) is 17.5 Å². The van der Waals surface area contributed by atoms with Crippen molar-refractivity contribution in [1.82, 2.24) is 14.1 Å². The number of hydrogen-bond donors (Lipinski definition) is 0. The van der Waals surface area contributed by atoms with E-state index in [0.717, 1.165) is 22.8 Å². The fourth-order valence-electron chi connectivity index (χ4n) is 3.58. The van der Waals surface area contributed by atoms with E-state index in [1.165, 1.54) is 13.2 Å². The minimum Gasteiger partial charge on any atom is -0.465 e. The standard InChI is InChI=1S/C17H16BrN3O5S/c1-26-17(23)14-12(19-20-8-3-2-7-13(14)20)9-21-16(22)10-5-4-6-11(18)15(10)27(21,24)25/h4-6H,2-3,7-9H2,1H3. The summed E-state index contributed by atoms with van der Waals surface area (Å²) in [6.45, 7) is 0.332. The number of benzene rings is 1. The van der Waals surface area contributed by atoms with E-state index >= 15 is 0 Å². The van der Waals surface area contributed by atoms with Crippen LogP contribution in [0.1, 0.15) is 44.9 Å². The third kappa shape index (κ3) is 2.69. The third-order valence-corrected chi connectivity index (χ3v) is 7.57. The highest BCUT2D eigenvalue weighted by Gasteiger charge is 2.44. The minimum atomic E-state index is -4.04. The average Bonchev–Trinajstić information content (AvgIpc) is 3.10. The van der Waals surface area contributed by atoms with Gasteiger partial charge < -0.3 is 4.74 Å². The predicted molar refractivity (Wildman–Crippen MR) is 97.7 cm³/mol. The van der Waals surface area contributed by atoms with Crippen LogP contribution in [-0.4, -0.2) is 41.5 Å². The van der Waals surface area contributed by atoms with Gasteiger partial charge in [0.25, 0.3) is 15.9 Å². The molecule has 1 aromatic carbocycles. The van der Waals surface area contributed by atoms with Crippen molar-refractivity contribution in [2.24, 2.45) is 0 Å². The lowest BCUT2D eigenvalue weighted by Gasteiger charge is -2.14. The Morgan fingerprint density at radius 2 is 2.11 bits per heavy atom. The molecule has 0 unspecified atom stereocenters. The maximum atomic E-state index is 12.9. The minimum absolute atomic E-state index is 0.0569. The van der Waals surface area contributed by atoms with E-state index in [4.69, 9.17) is 4.74 Å². The number of amides is 1. The molecule has 0 atom stereocenters. The second kappa shape index (κ2) is 6.45. The Morgan fingerprint density at radius 1 is 1.33 bits per heavy atom. The average molecular weight is 454 g/mol. The molecule has 142 valence electrons. The van der Waals surface area contributed by atoms with Crippen LogP contribution in [0.5, 0.6) is 0 Å². The molecule has 0 radical (unpaired) electrons. The zero-order valence-electron chi connectivity index (χ0n) is 14.4. The molecule has 1 amide bonds. The quantitative estimate of drug-likeness (QED) is 0.659. The van der Waals surface area contributed by atoms with Crippen LogP contribution in [0, 0.1) is 0 Å². The van der Waals surface area contributed by atoms with Crippen molar-refractivity contribution in [2.75, 3.05) is 7.11 Å². The first-order valence-corrected chi connectivity index (χ1v) is 10.6. The molecular weight excluding hydrogens is 438 g/mol. The van der Waals surface area contributed by atoms with Gasteiger partial charge >= 0.3 is 5.97 Å². The number of ether oxygens (including phenoxy) is 1. The van der Waals surface area contributed by atoms with Crippen molar-refractivity contribution in [1.29, 1.82) is 0 Å². The normalized spacial score (nSPS) is 17.6. The van der Waals surface area contributed by atoms with E-state index in [1.807, 2.05) is 0 Å². The second-order valence-corrected chi connectivity index (χ2v) is 9.03. The number of aryl methyl sites for hydroxylation is 1. The van der Waals surface area contributed by atoms with Gasteiger partial charge in [0.05, 0.1) is 30.6 Å². The number of esters is 1. The van der Waals surface area contributed by atoms with Crippen molar-refractivity contribution in [3.8, 4) is 0 Å². The molecule has 0 saturated heterocycles. The van der Waals surface area contributed by atoms with E-state index in [-0.39, 0.29) is 28.3 Å². The summed E-state index contributed by atoms with van der Waals surface area (Å²) < 4.78 is 33.6. The monoisotopic (exact) mass is 453 g/mol. The third-order valence-electron chi connectivity index (χ3n) is 4.82. The lowest BCUT2D eigenvalue weighted by atomic mass is 10.0. The van der Waals surface area contributed by atoms with Gasteiger partial charge in [0.2, 0.25) is 0 Å². The van der Waals surface area contributed by atoms with Crippen molar-refractivity contribution in [2.45, 2.75) is 37.2 Å². The molecule has 1 aromatic heterocycles. The fraction of sp³-hybridized carbons (Fsp3) is 0.353. The Morgan fingerprint density at radius 3 is 2.81 bits per heavy atom. The molecule has 4 rings (SSSR count). The lowest BCUT2D eigenvalue weighted by Crippen LogP contribution is -2.30. The van der Waals surface area contributed by atoms with Gasteiger partial charge in [-0.1, -0.05) is 6.07 Å². The molecule has 0 saturated carbocycles. The number of aromatic nitrogens is 2. The van der Waals surface area contributed by atoms with E-state index < -0.39 is 21.9 Å². The van der Waals surface area contributed by atoms with Gasteiger partial charge in [0.1, 0.15) is 10.5 Å². The maximum Gasteiger partial charge on any atom is 0.341 e. The summed E-state index contributed by atoms with van der Waals surface area (Å²) in [7, 11) is -2.77. The first kappa shape index (κ1) is 18.2. The molecule has 10 heteroatoms. The van der Waals surface area contributed by atoms with Crippen molar-refractivity contribution in [3.05, 3.63) is 45.2 Å². The van der Waals surface area contributed by atoms with Gasteiger partial charge in [-0.15, -0.1) is 0 Å². The number of carbonyl (C=O) groups is 2. The Bertz CT molecular complexity index is 1080. The Kier molecular flexibility index (Phi) is 4.34. The second-order valence-electron chi connectivity index (χ2n) is 6.37. The number of halogens is 1. The summed E-state index contributed by atoms with van der Waals surface area (Å²) in [5.74, 6) is -1.20. The van der Waals surface area contributed by atoms with E-state index in [2.05, 4.69) is 21.0 Å². The summed E-state index contributed by atoms with van der Waals surface area (Å²) in [6, 6.07) is 4.65. The highest BCUT2D eigenvalue weighted by molar-refractivity contribution is 9.10. The maximum absolute atomic E-state index is 12.9. The Labute approximate surface area is 164 Å². The largest absolute Gasteiger partial charge is 0.465 e. The number of methoxy groups -OCH3 is 1. The number of sulfonamides is 1. The van der Waals surface area contributed by atoms with Crippen LogP contribution in [0.4, 0.5) is 0 Å². The molecule has 0 spiro atoms. The van der Waals surface area contributed by atoms with Crippen LogP contribution in [0.15, 0.2) is 27.6 Å². The number of rotatable bonds is 3. The number of nitrogens with zero attached hydrogens (tertiary/aromatic N) is 3. The number of hydrogen-bond acceptors (Lipinski definition) is 6. The molecule has 0 N–H and O–H groups in total. The molecule has 0 fully saturated rings. The van der Waals surface area contributed by atoms with Crippen LogP contribution in [0.25, 0.3) is 0 Å². The van der Waals surface area contributed by atoms with Gasteiger partial charge in [-0.3, -0.25) is 9.48 Å².